The highest BCUT2D eigenvalue weighted by molar-refractivity contribution is 6.20. The van der Waals surface area contributed by atoms with Crippen LogP contribution in [0.2, 0.25) is 0 Å². The Morgan fingerprint density at radius 2 is 2.40 bits per heavy atom. The molecule has 4 heteroatoms. The van der Waals surface area contributed by atoms with Gasteiger partial charge in [0.2, 0.25) is 0 Å². The van der Waals surface area contributed by atoms with E-state index in [1.54, 1.807) is 0 Å². The van der Waals surface area contributed by atoms with Crippen molar-refractivity contribution in [2.24, 2.45) is 0 Å². The molecule has 1 aliphatic rings. The van der Waals surface area contributed by atoms with Gasteiger partial charge in [0, 0.05) is 13.0 Å². The minimum Gasteiger partial charge on any atom is -0.294 e. The molecule has 80 valence electrons. The van der Waals surface area contributed by atoms with Gasteiger partial charge in [-0.05, 0) is 19.3 Å². The predicted octanol–water partition coefficient (Wildman–Crippen LogP) is 1.82. The fourth-order valence-electron chi connectivity index (χ4n) is 1.82. The summed E-state index contributed by atoms with van der Waals surface area (Å²) < 4.78 is 1.81. The minimum atomic E-state index is 0.201. The average molecular weight is 205 g/mol. The third kappa shape index (κ3) is 1.98. The molecule has 1 aromatic rings. The van der Waals surface area contributed by atoms with Crippen LogP contribution < -0.4 is 0 Å². The second-order valence-corrected chi connectivity index (χ2v) is 3.74. The van der Waals surface area contributed by atoms with Crippen LogP contribution in [0.1, 0.15) is 38.4 Å². The molecule has 0 unspecified atom stereocenters. The van der Waals surface area contributed by atoms with Gasteiger partial charge in [0.1, 0.15) is 6.33 Å². The maximum Gasteiger partial charge on any atom is 0.166 e. The second-order valence-electron chi connectivity index (χ2n) is 3.74. The van der Waals surface area contributed by atoms with Crippen molar-refractivity contribution in [3.8, 4) is 0 Å². The van der Waals surface area contributed by atoms with Crippen molar-refractivity contribution in [2.75, 3.05) is 0 Å². The van der Waals surface area contributed by atoms with Crippen molar-refractivity contribution in [3.63, 3.8) is 0 Å². The summed E-state index contributed by atoms with van der Waals surface area (Å²) in [5, 5.41) is 4.13. The molecule has 4 nitrogen and oxygen atoms in total. The number of aryl methyl sites for hydroxylation is 1. The van der Waals surface area contributed by atoms with Gasteiger partial charge in [-0.2, -0.15) is 5.10 Å². The lowest BCUT2D eigenvalue weighted by molar-refractivity contribution is -0.114. The molecule has 0 radical (unpaired) electrons. The van der Waals surface area contributed by atoms with Crippen molar-refractivity contribution in [3.05, 3.63) is 18.2 Å². The summed E-state index contributed by atoms with van der Waals surface area (Å²) in [5.74, 6) is 0.938. The molecule has 1 heterocycles. The number of carbonyl (C=O) groups is 1. The first kappa shape index (κ1) is 10.1. The van der Waals surface area contributed by atoms with E-state index in [2.05, 4.69) is 17.0 Å². The number of rotatable bonds is 3. The summed E-state index contributed by atoms with van der Waals surface area (Å²) in [6.07, 6.45) is 7.09. The largest absolute Gasteiger partial charge is 0.294 e. The Bertz CT molecular complexity index is 392. The topological polar surface area (TPSA) is 47.8 Å². The van der Waals surface area contributed by atoms with Gasteiger partial charge in [0.15, 0.2) is 11.6 Å². The number of hydrogen-bond donors (Lipinski definition) is 0. The fourth-order valence-corrected chi connectivity index (χ4v) is 1.82. The molecule has 0 N–H and O–H groups in total. The summed E-state index contributed by atoms with van der Waals surface area (Å²) in [5.41, 5.74) is 0.757. The zero-order valence-electron chi connectivity index (χ0n) is 8.94. The number of aromatic nitrogens is 3. The fraction of sp³-hybridized carbons (Fsp3) is 0.545. The van der Waals surface area contributed by atoms with E-state index in [1.165, 1.54) is 6.33 Å². The average Bonchev–Trinajstić information content (AvgIpc) is 2.67. The van der Waals surface area contributed by atoms with Crippen LogP contribution in [-0.2, 0) is 11.3 Å². The standard InChI is InChI=1S/C11H15N3O/c1-2-7-14-11(12-8-13-14)9-5-3-4-6-10(9)15/h5,8H,2-4,6-7H2,1H3. The first-order chi connectivity index (χ1) is 7.33. The first-order valence-corrected chi connectivity index (χ1v) is 5.44. The third-order valence-corrected chi connectivity index (χ3v) is 2.55. The van der Waals surface area contributed by atoms with Gasteiger partial charge in [-0.15, -0.1) is 0 Å². The SMILES string of the molecule is CCCn1ncnc1C1=CCCCC1=O. The highest BCUT2D eigenvalue weighted by Crippen LogP contribution is 2.21. The number of Topliss-reactive ketones (excluding diaryl/α,β-unsaturated/α-hetero) is 1. The maximum atomic E-state index is 11.7. The highest BCUT2D eigenvalue weighted by Gasteiger charge is 2.19. The van der Waals surface area contributed by atoms with Gasteiger partial charge < -0.3 is 0 Å². The van der Waals surface area contributed by atoms with E-state index >= 15 is 0 Å². The molecule has 0 saturated carbocycles. The first-order valence-electron chi connectivity index (χ1n) is 5.44. The molecule has 0 spiro atoms. The molecular formula is C11H15N3O. The van der Waals surface area contributed by atoms with Gasteiger partial charge in [0.05, 0.1) is 5.57 Å². The van der Waals surface area contributed by atoms with E-state index in [-0.39, 0.29) is 5.78 Å². The van der Waals surface area contributed by atoms with Crippen LogP contribution in [0.3, 0.4) is 0 Å². The monoisotopic (exact) mass is 205 g/mol. The van der Waals surface area contributed by atoms with Crippen LogP contribution in [0.4, 0.5) is 0 Å². The van der Waals surface area contributed by atoms with E-state index in [0.717, 1.165) is 37.2 Å². The van der Waals surface area contributed by atoms with E-state index in [1.807, 2.05) is 10.8 Å². The van der Waals surface area contributed by atoms with E-state index in [0.29, 0.717) is 6.42 Å². The Morgan fingerprint density at radius 3 is 3.13 bits per heavy atom. The molecular weight excluding hydrogens is 190 g/mol. The molecule has 15 heavy (non-hydrogen) atoms. The van der Waals surface area contributed by atoms with E-state index in [4.69, 9.17) is 0 Å². The van der Waals surface area contributed by atoms with E-state index < -0.39 is 0 Å². The Balaban J connectivity index is 2.31. The molecule has 1 aliphatic carbocycles. The molecule has 0 amide bonds. The molecule has 0 saturated heterocycles. The Morgan fingerprint density at radius 1 is 1.53 bits per heavy atom. The summed E-state index contributed by atoms with van der Waals surface area (Å²) >= 11 is 0. The molecule has 0 fully saturated rings. The maximum absolute atomic E-state index is 11.7. The van der Waals surface area contributed by atoms with E-state index in [9.17, 15) is 4.79 Å². The zero-order valence-corrected chi connectivity index (χ0v) is 8.94. The summed E-state index contributed by atoms with van der Waals surface area (Å²) in [7, 11) is 0. The summed E-state index contributed by atoms with van der Waals surface area (Å²) in [4.78, 5) is 15.9. The number of ketones is 1. The number of carbonyl (C=O) groups excluding carboxylic acids is 1. The van der Waals surface area contributed by atoms with Gasteiger partial charge in [-0.25, -0.2) is 9.67 Å². The summed E-state index contributed by atoms with van der Waals surface area (Å²) in [6, 6.07) is 0. The molecule has 0 aromatic carbocycles. The molecule has 2 rings (SSSR count). The van der Waals surface area contributed by atoms with Crippen LogP contribution in [0.15, 0.2) is 12.4 Å². The molecule has 0 atom stereocenters. The van der Waals surface area contributed by atoms with Crippen molar-refractivity contribution >= 4 is 11.4 Å². The summed E-state index contributed by atoms with van der Waals surface area (Å²) in [6.45, 7) is 2.91. The van der Waals surface area contributed by atoms with Gasteiger partial charge in [-0.3, -0.25) is 4.79 Å². The molecule has 0 bridgehead atoms. The number of hydrogen-bond acceptors (Lipinski definition) is 3. The molecule has 0 aliphatic heterocycles. The quantitative estimate of drug-likeness (QED) is 0.756. The highest BCUT2D eigenvalue weighted by atomic mass is 16.1. The van der Waals surface area contributed by atoms with Crippen LogP contribution in [0.5, 0.6) is 0 Å². The minimum absolute atomic E-state index is 0.201. The zero-order chi connectivity index (χ0) is 10.7. The van der Waals surface area contributed by atoms with Crippen LogP contribution in [0.25, 0.3) is 5.57 Å². The van der Waals surface area contributed by atoms with Crippen LogP contribution in [-0.4, -0.2) is 20.5 Å². The number of nitrogens with zero attached hydrogens (tertiary/aromatic N) is 3. The lowest BCUT2D eigenvalue weighted by atomic mass is 9.97. The van der Waals surface area contributed by atoms with Crippen LogP contribution >= 0.6 is 0 Å². The van der Waals surface area contributed by atoms with Crippen molar-refractivity contribution in [1.82, 2.24) is 14.8 Å². The van der Waals surface area contributed by atoms with Gasteiger partial charge >= 0.3 is 0 Å². The lowest BCUT2D eigenvalue weighted by Crippen LogP contribution is -2.12. The normalized spacial score (nSPS) is 16.6. The Kier molecular flexibility index (Phi) is 2.94. The lowest BCUT2D eigenvalue weighted by Gasteiger charge is -2.11. The third-order valence-electron chi connectivity index (χ3n) is 2.55. The van der Waals surface area contributed by atoms with Crippen molar-refractivity contribution in [2.45, 2.75) is 39.2 Å². The van der Waals surface area contributed by atoms with Crippen molar-refractivity contribution < 1.29 is 4.79 Å². The Labute approximate surface area is 89.0 Å². The predicted molar refractivity (Wildman–Crippen MR) is 57.1 cm³/mol. The second kappa shape index (κ2) is 4.38. The van der Waals surface area contributed by atoms with Crippen LogP contribution in [0, 0.1) is 0 Å². The van der Waals surface area contributed by atoms with Gasteiger partial charge in [-0.1, -0.05) is 13.0 Å². The van der Waals surface area contributed by atoms with Crippen molar-refractivity contribution in [1.29, 1.82) is 0 Å². The smallest absolute Gasteiger partial charge is 0.166 e. The molecule has 1 aromatic heterocycles. The van der Waals surface area contributed by atoms with Gasteiger partial charge in [0.25, 0.3) is 0 Å². The Hall–Kier alpha value is -1.45. The number of allylic oxidation sites excluding steroid dienone is 2.